The fourth-order valence-electron chi connectivity index (χ4n) is 0.585. The highest BCUT2D eigenvalue weighted by molar-refractivity contribution is 4.83. The SMILES string of the molecule is CCCCOc1ncco1. The summed E-state index contributed by atoms with van der Waals surface area (Å²) in [5.41, 5.74) is 0. The lowest BCUT2D eigenvalue weighted by atomic mass is 10.4. The van der Waals surface area contributed by atoms with Crippen LogP contribution in [0.3, 0.4) is 0 Å². The van der Waals surface area contributed by atoms with Crippen LogP contribution < -0.4 is 4.74 Å². The van der Waals surface area contributed by atoms with Crippen LogP contribution in [0.5, 0.6) is 6.08 Å². The fourth-order valence-corrected chi connectivity index (χ4v) is 0.585. The summed E-state index contributed by atoms with van der Waals surface area (Å²) in [7, 11) is 0. The number of hydrogen-bond donors (Lipinski definition) is 0. The summed E-state index contributed by atoms with van der Waals surface area (Å²) in [5.74, 6) is 0. The maximum Gasteiger partial charge on any atom is 0.393 e. The molecular weight excluding hydrogens is 130 g/mol. The average molecular weight is 141 g/mol. The van der Waals surface area contributed by atoms with Crippen molar-refractivity contribution in [2.24, 2.45) is 0 Å². The molecule has 3 nitrogen and oxygen atoms in total. The summed E-state index contributed by atoms with van der Waals surface area (Å²) in [5, 5.41) is 0. The van der Waals surface area contributed by atoms with E-state index < -0.39 is 0 Å². The monoisotopic (exact) mass is 141 g/mol. The maximum atomic E-state index is 5.11. The van der Waals surface area contributed by atoms with Gasteiger partial charge in [0.1, 0.15) is 6.26 Å². The fraction of sp³-hybridized carbons (Fsp3) is 0.571. The summed E-state index contributed by atoms with van der Waals surface area (Å²) < 4.78 is 9.96. The first-order valence-corrected chi connectivity index (χ1v) is 3.45. The van der Waals surface area contributed by atoms with E-state index in [2.05, 4.69) is 11.9 Å². The molecule has 0 saturated heterocycles. The molecule has 1 aromatic rings. The standard InChI is InChI=1S/C7H11NO2/c1-2-3-5-9-7-8-4-6-10-7/h4,6H,2-3,5H2,1H3. The second kappa shape index (κ2) is 3.93. The van der Waals surface area contributed by atoms with Crippen LogP contribution in [-0.2, 0) is 0 Å². The Morgan fingerprint density at radius 1 is 1.70 bits per heavy atom. The van der Waals surface area contributed by atoms with Crippen molar-refractivity contribution in [3.05, 3.63) is 12.5 Å². The van der Waals surface area contributed by atoms with Crippen molar-refractivity contribution < 1.29 is 9.15 Å². The van der Waals surface area contributed by atoms with E-state index in [-0.39, 0.29) is 0 Å². The first-order valence-electron chi connectivity index (χ1n) is 3.45. The molecule has 0 atom stereocenters. The Morgan fingerprint density at radius 2 is 2.60 bits per heavy atom. The second-order valence-corrected chi connectivity index (χ2v) is 2.00. The highest BCUT2D eigenvalue weighted by Crippen LogP contribution is 2.04. The average Bonchev–Trinajstić information content (AvgIpc) is 2.41. The third-order valence-corrected chi connectivity index (χ3v) is 1.13. The Balaban J connectivity index is 2.15. The summed E-state index contributed by atoms with van der Waals surface area (Å²) in [6.45, 7) is 2.80. The predicted octanol–water partition coefficient (Wildman–Crippen LogP) is 1.85. The van der Waals surface area contributed by atoms with Crippen molar-refractivity contribution in [3.63, 3.8) is 0 Å². The minimum atomic E-state index is 0.369. The molecule has 1 aromatic heterocycles. The molecular formula is C7H11NO2. The smallest absolute Gasteiger partial charge is 0.393 e. The van der Waals surface area contributed by atoms with Crippen molar-refractivity contribution in [1.82, 2.24) is 4.98 Å². The molecule has 0 aromatic carbocycles. The quantitative estimate of drug-likeness (QED) is 0.600. The first kappa shape index (κ1) is 7.12. The molecule has 0 unspecified atom stereocenters. The molecule has 0 radical (unpaired) electrons. The first-order chi connectivity index (χ1) is 4.93. The van der Waals surface area contributed by atoms with E-state index in [0.717, 1.165) is 12.8 Å². The van der Waals surface area contributed by atoms with Gasteiger partial charge in [-0.1, -0.05) is 13.3 Å². The summed E-state index contributed by atoms with van der Waals surface area (Å²) in [6.07, 6.45) is 5.61. The van der Waals surface area contributed by atoms with Gasteiger partial charge in [0.25, 0.3) is 0 Å². The number of rotatable bonds is 4. The molecule has 1 rings (SSSR count). The van der Waals surface area contributed by atoms with Gasteiger partial charge in [-0.15, -0.1) is 0 Å². The molecule has 0 bridgehead atoms. The molecule has 0 fully saturated rings. The van der Waals surface area contributed by atoms with Gasteiger partial charge in [-0.05, 0) is 6.42 Å². The van der Waals surface area contributed by atoms with Gasteiger partial charge in [0, 0.05) is 0 Å². The van der Waals surface area contributed by atoms with Crippen LogP contribution >= 0.6 is 0 Å². The largest absolute Gasteiger partial charge is 0.450 e. The molecule has 0 saturated carbocycles. The molecule has 0 N–H and O–H groups in total. The van der Waals surface area contributed by atoms with Gasteiger partial charge in [-0.3, -0.25) is 0 Å². The summed E-state index contributed by atoms with van der Waals surface area (Å²) >= 11 is 0. The number of unbranched alkanes of at least 4 members (excludes halogenated alkanes) is 1. The third-order valence-electron chi connectivity index (χ3n) is 1.13. The normalized spacial score (nSPS) is 9.70. The number of nitrogens with zero attached hydrogens (tertiary/aromatic N) is 1. The van der Waals surface area contributed by atoms with Crippen LogP contribution in [0.2, 0.25) is 0 Å². The lowest BCUT2D eigenvalue weighted by molar-refractivity contribution is 0.226. The molecule has 0 aliphatic rings. The Bertz CT molecular complexity index is 160. The second-order valence-electron chi connectivity index (χ2n) is 2.00. The molecule has 56 valence electrons. The molecule has 0 amide bonds. The zero-order valence-electron chi connectivity index (χ0n) is 6.04. The third kappa shape index (κ3) is 2.09. The zero-order chi connectivity index (χ0) is 7.23. The Hall–Kier alpha value is -0.990. The molecule has 0 aliphatic carbocycles. The van der Waals surface area contributed by atoms with Crippen LogP contribution in [0, 0.1) is 0 Å². The van der Waals surface area contributed by atoms with Gasteiger partial charge < -0.3 is 9.15 Å². The van der Waals surface area contributed by atoms with Gasteiger partial charge in [0.05, 0.1) is 12.8 Å². The van der Waals surface area contributed by atoms with Crippen molar-refractivity contribution >= 4 is 0 Å². The summed E-state index contributed by atoms with van der Waals surface area (Å²) in [4.78, 5) is 3.80. The van der Waals surface area contributed by atoms with Gasteiger partial charge in [0.15, 0.2) is 0 Å². The van der Waals surface area contributed by atoms with Gasteiger partial charge >= 0.3 is 6.08 Å². The van der Waals surface area contributed by atoms with E-state index in [4.69, 9.17) is 9.15 Å². The highest BCUT2D eigenvalue weighted by atomic mass is 16.6. The van der Waals surface area contributed by atoms with E-state index >= 15 is 0 Å². The van der Waals surface area contributed by atoms with Crippen LogP contribution in [0.15, 0.2) is 16.9 Å². The lowest BCUT2D eigenvalue weighted by Crippen LogP contribution is -1.95. The van der Waals surface area contributed by atoms with E-state index in [9.17, 15) is 0 Å². The van der Waals surface area contributed by atoms with Crippen LogP contribution in [0.4, 0.5) is 0 Å². The molecule has 0 aliphatic heterocycles. The molecule has 0 spiro atoms. The number of hydrogen-bond acceptors (Lipinski definition) is 3. The molecule has 3 heteroatoms. The van der Waals surface area contributed by atoms with Gasteiger partial charge in [0.2, 0.25) is 0 Å². The van der Waals surface area contributed by atoms with Crippen LogP contribution in [-0.4, -0.2) is 11.6 Å². The zero-order valence-corrected chi connectivity index (χ0v) is 6.04. The Kier molecular flexibility index (Phi) is 2.80. The van der Waals surface area contributed by atoms with E-state index in [1.165, 1.54) is 6.26 Å². The minimum Gasteiger partial charge on any atom is -0.450 e. The van der Waals surface area contributed by atoms with E-state index in [0.29, 0.717) is 12.7 Å². The van der Waals surface area contributed by atoms with E-state index in [1.807, 2.05) is 0 Å². The van der Waals surface area contributed by atoms with Crippen molar-refractivity contribution in [2.45, 2.75) is 19.8 Å². The lowest BCUT2D eigenvalue weighted by Gasteiger charge is -1.96. The Morgan fingerprint density at radius 3 is 3.20 bits per heavy atom. The highest BCUT2D eigenvalue weighted by Gasteiger charge is 1.94. The summed E-state index contributed by atoms with van der Waals surface area (Å²) in [6, 6.07) is 0. The predicted molar refractivity (Wildman–Crippen MR) is 36.9 cm³/mol. The van der Waals surface area contributed by atoms with Crippen LogP contribution in [0.1, 0.15) is 19.8 Å². The number of aromatic nitrogens is 1. The number of oxazole rings is 1. The van der Waals surface area contributed by atoms with Gasteiger partial charge in [-0.2, -0.15) is 4.98 Å². The maximum absolute atomic E-state index is 5.11. The van der Waals surface area contributed by atoms with Gasteiger partial charge in [-0.25, -0.2) is 0 Å². The number of ether oxygens (including phenoxy) is 1. The topological polar surface area (TPSA) is 35.3 Å². The van der Waals surface area contributed by atoms with Crippen molar-refractivity contribution in [3.8, 4) is 6.08 Å². The molecule has 1 heterocycles. The Labute approximate surface area is 60.0 Å². The van der Waals surface area contributed by atoms with Crippen LogP contribution in [0.25, 0.3) is 0 Å². The van der Waals surface area contributed by atoms with Crippen molar-refractivity contribution in [1.29, 1.82) is 0 Å². The minimum absolute atomic E-state index is 0.369. The van der Waals surface area contributed by atoms with Crippen molar-refractivity contribution in [2.75, 3.05) is 6.61 Å². The van der Waals surface area contributed by atoms with E-state index in [1.54, 1.807) is 6.20 Å². The molecule has 10 heavy (non-hydrogen) atoms.